The highest BCUT2D eigenvalue weighted by molar-refractivity contribution is 5.73. The fourth-order valence-electron chi connectivity index (χ4n) is 2.51. The van der Waals surface area contributed by atoms with Gasteiger partial charge in [-0.05, 0) is 51.8 Å². The lowest BCUT2D eigenvalue weighted by Gasteiger charge is -2.33. The molecule has 0 saturated carbocycles. The lowest BCUT2D eigenvalue weighted by molar-refractivity contribution is -0.0170. The molecule has 1 aliphatic rings. The van der Waals surface area contributed by atoms with Crippen LogP contribution in [0.2, 0.25) is 0 Å². The third kappa shape index (κ3) is 5.46. The van der Waals surface area contributed by atoms with E-state index in [1.165, 1.54) is 0 Å². The minimum atomic E-state index is -0.318. The van der Waals surface area contributed by atoms with Crippen molar-refractivity contribution in [2.45, 2.75) is 45.3 Å². The SMILES string of the molecule is CC(C)(C)NC(=O)NOC1CCN(c2cccc(C#N)c2)CC1. The average Bonchev–Trinajstić information content (AvgIpc) is 2.52. The molecule has 1 fully saturated rings. The van der Waals surface area contributed by atoms with Crippen molar-refractivity contribution in [3.63, 3.8) is 0 Å². The fourth-order valence-corrected chi connectivity index (χ4v) is 2.51. The standard InChI is InChI=1S/C17H24N4O2/c1-17(2,3)19-16(22)20-23-15-7-9-21(10-8-15)14-6-4-5-13(11-14)12-18/h4-6,11,15H,7-10H2,1-3H3,(H2,19,20,22). The number of urea groups is 1. The van der Waals surface area contributed by atoms with Gasteiger partial charge in [0.15, 0.2) is 0 Å². The number of carbonyl (C=O) groups is 1. The third-order valence-electron chi connectivity index (χ3n) is 3.59. The van der Waals surface area contributed by atoms with Crippen molar-refractivity contribution in [1.82, 2.24) is 10.8 Å². The molecule has 6 nitrogen and oxygen atoms in total. The van der Waals surface area contributed by atoms with Gasteiger partial charge >= 0.3 is 6.03 Å². The minimum absolute atomic E-state index is 0.0103. The van der Waals surface area contributed by atoms with Crippen molar-refractivity contribution in [3.05, 3.63) is 29.8 Å². The Balaban J connectivity index is 1.78. The maximum absolute atomic E-state index is 11.7. The summed E-state index contributed by atoms with van der Waals surface area (Å²) in [4.78, 5) is 19.4. The van der Waals surface area contributed by atoms with Crippen molar-refractivity contribution in [1.29, 1.82) is 5.26 Å². The van der Waals surface area contributed by atoms with E-state index in [-0.39, 0.29) is 17.7 Å². The number of carbonyl (C=O) groups excluding carboxylic acids is 1. The molecule has 1 aromatic rings. The number of hydrogen-bond acceptors (Lipinski definition) is 4. The highest BCUT2D eigenvalue weighted by atomic mass is 16.7. The van der Waals surface area contributed by atoms with Gasteiger partial charge in [0, 0.05) is 24.3 Å². The van der Waals surface area contributed by atoms with Gasteiger partial charge < -0.3 is 10.2 Å². The molecule has 0 aromatic heterocycles. The van der Waals surface area contributed by atoms with E-state index in [1.807, 2.05) is 39.0 Å². The van der Waals surface area contributed by atoms with Crippen LogP contribution >= 0.6 is 0 Å². The Hall–Kier alpha value is -2.26. The number of anilines is 1. The molecule has 124 valence electrons. The summed E-state index contributed by atoms with van der Waals surface area (Å²) in [5, 5.41) is 11.8. The molecule has 0 unspecified atom stereocenters. The van der Waals surface area contributed by atoms with Gasteiger partial charge in [0.1, 0.15) is 0 Å². The van der Waals surface area contributed by atoms with E-state index in [9.17, 15) is 4.79 Å². The molecule has 1 heterocycles. The van der Waals surface area contributed by atoms with Gasteiger partial charge in [-0.3, -0.25) is 4.84 Å². The summed E-state index contributed by atoms with van der Waals surface area (Å²) >= 11 is 0. The topological polar surface area (TPSA) is 77.4 Å². The van der Waals surface area contributed by atoms with Gasteiger partial charge in [0.05, 0.1) is 17.7 Å². The largest absolute Gasteiger partial charge is 0.371 e. The third-order valence-corrected chi connectivity index (χ3v) is 3.59. The second kappa shape index (κ2) is 7.34. The summed E-state index contributed by atoms with van der Waals surface area (Å²) < 4.78 is 0. The molecule has 1 saturated heterocycles. The van der Waals surface area contributed by atoms with Crippen molar-refractivity contribution in [2.24, 2.45) is 0 Å². The quantitative estimate of drug-likeness (QED) is 0.840. The zero-order valence-electron chi connectivity index (χ0n) is 13.9. The van der Waals surface area contributed by atoms with Crippen LogP contribution in [0, 0.1) is 11.3 Å². The average molecular weight is 316 g/mol. The molecule has 0 atom stereocenters. The number of nitriles is 1. The van der Waals surface area contributed by atoms with Crippen LogP contribution in [0.3, 0.4) is 0 Å². The van der Waals surface area contributed by atoms with Gasteiger partial charge in [-0.1, -0.05) is 6.07 Å². The number of benzene rings is 1. The molecule has 2 rings (SSSR count). The second-order valence-corrected chi connectivity index (χ2v) is 6.77. The molecule has 23 heavy (non-hydrogen) atoms. The number of hydrogen-bond donors (Lipinski definition) is 2. The molecule has 0 bridgehead atoms. The van der Waals surface area contributed by atoms with Gasteiger partial charge in [0.2, 0.25) is 0 Å². The first-order chi connectivity index (χ1) is 10.9. The highest BCUT2D eigenvalue weighted by Gasteiger charge is 2.22. The normalized spacial score (nSPS) is 15.8. The lowest BCUT2D eigenvalue weighted by Crippen LogP contribution is -2.48. The first kappa shape index (κ1) is 17.1. The molecule has 6 heteroatoms. The maximum Gasteiger partial charge on any atom is 0.339 e. The van der Waals surface area contributed by atoms with Crippen LogP contribution < -0.4 is 15.7 Å². The number of nitrogens with zero attached hydrogens (tertiary/aromatic N) is 2. The second-order valence-electron chi connectivity index (χ2n) is 6.77. The molecular weight excluding hydrogens is 292 g/mol. The molecule has 1 aromatic carbocycles. The number of amides is 2. The maximum atomic E-state index is 11.7. The van der Waals surface area contributed by atoms with Crippen LogP contribution in [-0.4, -0.2) is 30.8 Å². The Labute approximate surface area is 137 Å². The Morgan fingerprint density at radius 2 is 2.04 bits per heavy atom. The number of rotatable bonds is 3. The predicted molar refractivity (Wildman–Crippen MR) is 88.9 cm³/mol. The number of nitrogens with one attached hydrogen (secondary N) is 2. The summed E-state index contributed by atoms with van der Waals surface area (Å²) in [5.41, 5.74) is 3.91. The first-order valence-corrected chi connectivity index (χ1v) is 7.86. The number of hydroxylamine groups is 1. The van der Waals surface area contributed by atoms with Crippen molar-refractivity contribution >= 4 is 11.7 Å². The Kier molecular flexibility index (Phi) is 5.45. The lowest BCUT2D eigenvalue weighted by atomic mass is 10.1. The van der Waals surface area contributed by atoms with E-state index in [4.69, 9.17) is 10.1 Å². The summed E-state index contributed by atoms with van der Waals surface area (Å²) in [6.45, 7) is 7.42. The molecule has 2 amide bonds. The number of piperidine rings is 1. The monoisotopic (exact) mass is 316 g/mol. The van der Waals surface area contributed by atoms with Crippen LogP contribution in [0.15, 0.2) is 24.3 Å². The Morgan fingerprint density at radius 3 is 2.65 bits per heavy atom. The van der Waals surface area contributed by atoms with E-state index in [1.54, 1.807) is 6.07 Å². The summed E-state index contributed by atoms with van der Waals surface area (Å²) in [6.07, 6.45) is 1.66. The fraction of sp³-hybridized carbons (Fsp3) is 0.529. The van der Waals surface area contributed by atoms with Crippen molar-refractivity contribution in [2.75, 3.05) is 18.0 Å². The first-order valence-electron chi connectivity index (χ1n) is 7.86. The van der Waals surface area contributed by atoms with E-state index >= 15 is 0 Å². The van der Waals surface area contributed by atoms with Gasteiger partial charge in [-0.2, -0.15) is 5.26 Å². The van der Waals surface area contributed by atoms with Crippen molar-refractivity contribution < 1.29 is 9.63 Å². The van der Waals surface area contributed by atoms with Gasteiger partial charge in [-0.15, -0.1) is 0 Å². The molecule has 1 aliphatic heterocycles. The van der Waals surface area contributed by atoms with E-state index in [0.29, 0.717) is 5.56 Å². The van der Waals surface area contributed by atoms with E-state index in [2.05, 4.69) is 21.8 Å². The van der Waals surface area contributed by atoms with Crippen LogP contribution in [0.4, 0.5) is 10.5 Å². The Bertz CT molecular complexity index is 581. The predicted octanol–water partition coefficient (Wildman–Crippen LogP) is 2.56. The molecule has 0 aliphatic carbocycles. The minimum Gasteiger partial charge on any atom is -0.371 e. The Morgan fingerprint density at radius 1 is 1.35 bits per heavy atom. The van der Waals surface area contributed by atoms with Gasteiger partial charge in [-0.25, -0.2) is 10.3 Å². The molecule has 0 spiro atoms. The van der Waals surface area contributed by atoms with Crippen LogP contribution in [0.25, 0.3) is 0 Å². The summed E-state index contributed by atoms with van der Waals surface area (Å²) in [7, 11) is 0. The smallest absolute Gasteiger partial charge is 0.339 e. The summed E-state index contributed by atoms with van der Waals surface area (Å²) in [5.74, 6) is 0. The highest BCUT2D eigenvalue weighted by Crippen LogP contribution is 2.21. The van der Waals surface area contributed by atoms with Crippen LogP contribution in [0.1, 0.15) is 39.2 Å². The molecule has 2 N–H and O–H groups in total. The molecule has 0 radical (unpaired) electrons. The van der Waals surface area contributed by atoms with Gasteiger partial charge in [0.25, 0.3) is 0 Å². The van der Waals surface area contributed by atoms with Crippen LogP contribution in [-0.2, 0) is 4.84 Å². The zero-order valence-corrected chi connectivity index (χ0v) is 13.9. The van der Waals surface area contributed by atoms with E-state index < -0.39 is 0 Å². The van der Waals surface area contributed by atoms with Crippen LogP contribution in [0.5, 0.6) is 0 Å². The summed E-state index contributed by atoms with van der Waals surface area (Å²) in [6, 6.07) is 9.45. The zero-order chi connectivity index (χ0) is 16.9. The molecular formula is C17H24N4O2. The van der Waals surface area contributed by atoms with Crippen molar-refractivity contribution in [3.8, 4) is 6.07 Å². The van der Waals surface area contributed by atoms with E-state index in [0.717, 1.165) is 31.6 Å².